The number of benzene rings is 1. The van der Waals surface area contributed by atoms with Crippen molar-refractivity contribution in [3.8, 4) is 5.75 Å². The predicted octanol–water partition coefficient (Wildman–Crippen LogP) is 3.87. The summed E-state index contributed by atoms with van der Waals surface area (Å²) in [5, 5.41) is 0. The molecule has 3 heteroatoms. The molecular weight excluding hydrogens is 262 g/mol. The molecule has 1 aliphatic carbocycles. The van der Waals surface area contributed by atoms with Crippen molar-refractivity contribution in [3.63, 3.8) is 0 Å². The zero-order valence-corrected chi connectivity index (χ0v) is 13.1. The highest BCUT2D eigenvalue weighted by molar-refractivity contribution is 5.50. The average molecular weight is 289 g/mol. The lowest BCUT2D eigenvalue weighted by Gasteiger charge is -2.33. The lowest BCUT2D eigenvalue weighted by atomic mass is 9.73. The molecule has 1 saturated carbocycles. The quantitative estimate of drug-likeness (QED) is 0.768. The van der Waals surface area contributed by atoms with E-state index in [1.54, 1.807) is 7.11 Å². The van der Waals surface area contributed by atoms with Gasteiger partial charge in [-0.15, -0.1) is 0 Å². The van der Waals surface area contributed by atoms with Crippen LogP contribution in [0.3, 0.4) is 0 Å². The molecule has 0 atom stereocenters. The fraction of sp³-hybridized carbons (Fsp3) is 0.667. The summed E-state index contributed by atoms with van der Waals surface area (Å²) in [6, 6.07) is 8.56. The zero-order chi connectivity index (χ0) is 14.5. The van der Waals surface area contributed by atoms with E-state index < -0.39 is 0 Å². The number of rotatable bonds is 5. The van der Waals surface area contributed by atoms with E-state index in [0.717, 1.165) is 5.75 Å². The Morgan fingerprint density at radius 3 is 2.48 bits per heavy atom. The Morgan fingerprint density at radius 2 is 1.76 bits per heavy atom. The van der Waals surface area contributed by atoms with E-state index in [-0.39, 0.29) is 0 Å². The van der Waals surface area contributed by atoms with Crippen LogP contribution in [0.1, 0.15) is 38.5 Å². The van der Waals surface area contributed by atoms with Gasteiger partial charge in [0.15, 0.2) is 0 Å². The zero-order valence-electron chi connectivity index (χ0n) is 13.1. The van der Waals surface area contributed by atoms with Crippen LogP contribution in [-0.4, -0.2) is 33.4 Å². The number of ether oxygens (including phenoxy) is 2. The van der Waals surface area contributed by atoms with Crippen LogP contribution in [0.25, 0.3) is 0 Å². The molecule has 0 aromatic heterocycles. The minimum absolute atomic E-state index is 0.614. The van der Waals surface area contributed by atoms with Crippen molar-refractivity contribution in [2.75, 3.05) is 38.3 Å². The Hall–Kier alpha value is -1.22. The first kappa shape index (κ1) is 14.7. The van der Waals surface area contributed by atoms with Gasteiger partial charge in [-0.05, 0) is 48.9 Å². The van der Waals surface area contributed by atoms with Crippen LogP contribution in [0.2, 0.25) is 0 Å². The van der Waals surface area contributed by atoms with Gasteiger partial charge in [-0.2, -0.15) is 0 Å². The molecule has 1 aromatic carbocycles. The molecule has 3 rings (SSSR count). The van der Waals surface area contributed by atoms with Crippen LogP contribution in [-0.2, 0) is 4.74 Å². The van der Waals surface area contributed by atoms with Crippen LogP contribution in [0, 0.1) is 5.41 Å². The van der Waals surface area contributed by atoms with E-state index >= 15 is 0 Å². The molecule has 0 unspecified atom stereocenters. The summed E-state index contributed by atoms with van der Waals surface area (Å²) in [6.45, 7) is 3.71. The molecule has 2 aliphatic rings. The second kappa shape index (κ2) is 6.69. The Morgan fingerprint density at radius 1 is 1.00 bits per heavy atom. The first-order valence-corrected chi connectivity index (χ1v) is 8.28. The minimum atomic E-state index is 0.614. The van der Waals surface area contributed by atoms with Gasteiger partial charge < -0.3 is 14.4 Å². The monoisotopic (exact) mass is 289 g/mol. The number of anilines is 1. The van der Waals surface area contributed by atoms with Crippen molar-refractivity contribution in [2.45, 2.75) is 38.5 Å². The lowest BCUT2D eigenvalue weighted by molar-refractivity contribution is 0.146. The third-order valence-electron chi connectivity index (χ3n) is 5.11. The highest BCUT2D eigenvalue weighted by atomic mass is 16.5. The largest absolute Gasteiger partial charge is 0.491 e. The minimum Gasteiger partial charge on any atom is -0.491 e. The van der Waals surface area contributed by atoms with Crippen molar-refractivity contribution in [1.82, 2.24) is 0 Å². The summed E-state index contributed by atoms with van der Waals surface area (Å²) in [5.74, 6) is 0.933. The van der Waals surface area contributed by atoms with E-state index in [1.165, 1.54) is 57.3 Å². The molecule has 116 valence electrons. The average Bonchev–Trinajstić information content (AvgIpc) is 2.93. The van der Waals surface area contributed by atoms with Gasteiger partial charge in [-0.25, -0.2) is 0 Å². The highest BCUT2D eigenvalue weighted by Gasteiger charge is 2.38. The second-order valence-electron chi connectivity index (χ2n) is 6.57. The van der Waals surface area contributed by atoms with Gasteiger partial charge in [0.25, 0.3) is 0 Å². The number of methoxy groups -OCH3 is 1. The molecule has 21 heavy (non-hydrogen) atoms. The Labute approximate surface area is 128 Å². The Kier molecular flexibility index (Phi) is 4.69. The first-order valence-electron chi connectivity index (χ1n) is 8.28. The van der Waals surface area contributed by atoms with Crippen molar-refractivity contribution >= 4 is 5.69 Å². The molecular formula is C18H27NO2. The third kappa shape index (κ3) is 3.52. The molecule has 1 heterocycles. The molecule has 0 radical (unpaired) electrons. The van der Waals surface area contributed by atoms with Crippen LogP contribution in [0.5, 0.6) is 5.75 Å². The normalized spacial score (nSPS) is 20.9. The number of hydrogen-bond donors (Lipinski definition) is 0. The molecule has 1 spiro atoms. The summed E-state index contributed by atoms with van der Waals surface area (Å²) in [7, 11) is 1.70. The summed E-state index contributed by atoms with van der Waals surface area (Å²) >= 11 is 0. The van der Waals surface area contributed by atoms with E-state index in [2.05, 4.69) is 29.2 Å². The van der Waals surface area contributed by atoms with Crippen LogP contribution in [0.15, 0.2) is 24.3 Å². The summed E-state index contributed by atoms with van der Waals surface area (Å²) in [6.07, 6.45) is 8.54. The van der Waals surface area contributed by atoms with E-state index in [0.29, 0.717) is 18.6 Å². The van der Waals surface area contributed by atoms with Crippen molar-refractivity contribution in [1.29, 1.82) is 0 Å². The fourth-order valence-corrected chi connectivity index (χ4v) is 3.86. The van der Waals surface area contributed by atoms with E-state index in [4.69, 9.17) is 9.47 Å². The van der Waals surface area contributed by atoms with Crippen LogP contribution >= 0.6 is 0 Å². The standard InChI is InChI=1S/C18H27NO2/c1-20-13-14-21-17-7-5-16(6-8-17)19-12-11-18(15-19)9-3-2-4-10-18/h5-8H,2-4,9-15H2,1H3. The first-order chi connectivity index (χ1) is 10.3. The van der Waals surface area contributed by atoms with Gasteiger partial charge in [0, 0.05) is 25.9 Å². The van der Waals surface area contributed by atoms with Gasteiger partial charge in [0.2, 0.25) is 0 Å². The maximum Gasteiger partial charge on any atom is 0.119 e. The molecule has 1 aliphatic heterocycles. The summed E-state index contributed by atoms with van der Waals surface area (Å²) < 4.78 is 10.6. The van der Waals surface area contributed by atoms with Gasteiger partial charge in [0.1, 0.15) is 12.4 Å². The van der Waals surface area contributed by atoms with Crippen molar-refractivity contribution < 1.29 is 9.47 Å². The predicted molar refractivity (Wildman–Crippen MR) is 86.2 cm³/mol. The topological polar surface area (TPSA) is 21.7 Å². The van der Waals surface area contributed by atoms with Gasteiger partial charge in [0.05, 0.1) is 6.61 Å². The van der Waals surface area contributed by atoms with Gasteiger partial charge in [-0.3, -0.25) is 0 Å². The number of hydrogen-bond acceptors (Lipinski definition) is 3. The van der Waals surface area contributed by atoms with Crippen molar-refractivity contribution in [3.05, 3.63) is 24.3 Å². The van der Waals surface area contributed by atoms with Gasteiger partial charge in [-0.1, -0.05) is 19.3 Å². The molecule has 1 saturated heterocycles. The Bertz CT molecular complexity index is 437. The van der Waals surface area contributed by atoms with E-state index in [9.17, 15) is 0 Å². The lowest BCUT2D eigenvalue weighted by Crippen LogP contribution is -2.29. The molecule has 2 fully saturated rings. The summed E-state index contributed by atoms with van der Waals surface area (Å²) in [5.41, 5.74) is 1.96. The van der Waals surface area contributed by atoms with Gasteiger partial charge >= 0.3 is 0 Å². The number of nitrogens with zero attached hydrogens (tertiary/aromatic N) is 1. The molecule has 3 nitrogen and oxygen atoms in total. The molecule has 0 N–H and O–H groups in total. The molecule has 0 bridgehead atoms. The SMILES string of the molecule is COCCOc1ccc(N2CCC3(CCCCC3)C2)cc1. The second-order valence-corrected chi connectivity index (χ2v) is 6.57. The smallest absolute Gasteiger partial charge is 0.119 e. The molecule has 1 aromatic rings. The fourth-order valence-electron chi connectivity index (χ4n) is 3.86. The molecule has 0 amide bonds. The summed E-state index contributed by atoms with van der Waals surface area (Å²) in [4.78, 5) is 2.56. The highest BCUT2D eigenvalue weighted by Crippen LogP contribution is 2.44. The maximum atomic E-state index is 5.63. The van der Waals surface area contributed by atoms with E-state index in [1.807, 2.05) is 0 Å². The van der Waals surface area contributed by atoms with Crippen LogP contribution in [0.4, 0.5) is 5.69 Å². The van der Waals surface area contributed by atoms with Crippen LogP contribution < -0.4 is 9.64 Å². The maximum absolute atomic E-state index is 5.63. The van der Waals surface area contributed by atoms with Crippen molar-refractivity contribution in [2.24, 2.45) is 5.41 Å². The third-order valence-corrected chi connectivity index (χ3v) is 5.11. The Balaban J connectivity index is 1.57.